The standard InChI is InChI=1S/C11H14F2N2O3/c1-7(5-6-18-2)14-11-9(15(16)17)4-3-8(12)10(11)13/h3-4,7,14H,5-6H2,1-2H3. The molecule has 0 bridgehead atoms. The first-order valence-electron chi connectivity index (χ1n) is 5.35. The summed E-state index contributed by atoms with van der Waals surface area (Å²) in [5, 5.41) is 13.3. The monoisotopic (exact) mass is 260 g/mol. The van der Waals surface area contributed by atoms with Crippen LogP contribution in [-0.2, 0) is 4.74 Å². The number of hydrogen-bond acceptors (Lipinski definition) is 4. The van der Waals surface area contributed by atoms with Crippen LogP contribution in [0.4, 0.5) is 20.2 Å². The van der Waals surface area contributed by atoms with E-state index in [0.29, 0.717) is 13.0 Å². The number of hydrogen-bond donors (Lipinski definition) is 1. The van der Waals surface area contributed by atoms with Gasteiger partial charge in [0.1, 0.15) is 0 Å². The maximum absolute atomic E-state index is 13.5. The zero-order chi connectivity index (χ0) is 13.7. The lowest BCUT2D eigenvalue weighted by molar-refractivity contribution is -0.384. The Labute approximate surface area is 103 Å². The minimum Gasteiger partial charge on any atom is -0.385 e. The van der Waals surface area contributed by atoms with Crippen LogP contribution in [0.2, 0.25) is 0 Å². The molecule has 0 fully saturated rings. The van der Waals surface area contributed by atoms with Crippen LogP contribution in [0, 0.1) is 21.7 Å². The van der Waals surface area contributed by atoms with E-state index in [1.807, 2.05) is 0 Å². The van der Waals surface area contributed by atoms with Gasteiger partial charge in [0.2, 0.25) is 0 Å². The summed E-state index contributed by atoms with van der Waals surface area (Å²) in [6.45, 7) is 2.12. The molecule has 1 atom stereocenters. The van der Waals surface area contributed by atoms with Crippen molar-refractivity contribution in [2.24, 2.45) is 0 Å². The summed E-state index contributed by atoms with van der Waals surface area (Å²) < 4.78 is 31.4. The number of halogens is 2. The lowest BCUT2D eigenvalue weighted by atomic mass is 10.2. The molecular formula is C11H14F2N2O3. The average Bonchev–Trinajstić information content (AvgIpc) is 2.32. The highest BCUT2D eigenvalue weighted by Crippen LogP contribution is 2.29. The lowest BCUT2D eigenvalue weighted by Crippen LogP contribution is -2.19. The molecule has 1 aromatic rings. The molecule has 0 heterocycles. The van der Waals surface area contributed by atoms with E-state index in [1.54, 1.807) is 6.92 Å². The van der Waals surface area contributed by atoms with Gasteiger partial charge in [-0.25, -0.2) is 8.78 Å². The van der Waals surface area contributed by atoms with E-state index >= 15 is 0 Å². The highest BCUT2D eigenvalue weighted by atomic mass is 19.2. The number of benzene rings is 1. The molecule has 7 heteroatoms. The van der Waals surface area contributed by atoms with Crippen molar-refractivity contribution in [3.63, 3.8) is 0 Å². The van der Waals surface area contributed by atoms with Crippen molar-refractivity contribution >= 4 is 11.4 Å². The van der Waals surface area contributed by atoms with E-state index in [0.717, 1.165) is 12.1 Å². The van der Waals surface area contributed by atoms with Crippen LogP contribution in [0.25, 0.3) is 0 Å². The Hall–Kier alpha value is -1.76. The summed E-state index contributed by atoms with van der Waals surface area (Å²) in [7, 11) is 1.51. The minimum atomic E-state index is -1.24. The zero-order valence-electron chi connectivity index (χ0n) is 10.1. The maximum Gasteiger partial charge on any atom is 0.295 e. The first kappa shape index (κ1) is 14.3. The SMILES string of the molecule is COCCC(C)Nc1c([N+](=O)[O-])ccc(F)c1F. The molecule has 0 spiro atoms. The predicted octanol–water partition coefficient (Wildman–Crippen LogP) is 2.71. The van der Waals surface area contributed by atoms with E-state index < -0.39 is 27.9 Å². The number of nitrogens with one attached hydrogen (secondary N) is 1. The zero-order valence-corrected chi connectivity index (χ0v) is 10.1. The van der Waals surface area contributed by atoms with Gasteiger partial charge >= 0.3 is 0 Å². The van der Waals surface area contributed by atoms with Crippen LogP contribution in [0.15, 0.2) is 12.1 Å². The molecule has 0 aliphatic rings. The Morgan fingerprint density at radius 3 is 2.72 bits per heavy atom. The largest absolute Gasteiger partial charge is 0.385 e. The fourth-order valence-electron chi connectivity index (χ4n) is 1.44. The van der Waals surface area contributed by atoms with Crippen molar-refractivity contribution in [2.75, 3.05) is 19.0 Å². The molecule has 100 valence electrons. The summed E-state index contributed by atoms with van der Waals surface area (Å²) >= 11 is 0. The van der Waals surface area contributed by atoms with Crippen LogP contribution < -0.4 is 5.32 Å². The van der Waals surface area contributed by atoms with Crippen molar-refractivity contribution in [3.8, 4) is 0 Å². The van der Waals surface area contributed by atoms with Crippen molar-refractivity contribution < 1.29 is 18.4 Å². The fraction of sp³-hybridized carbons (Fsp3) is 0.455. The van der Waals surface area contributed by atoms with Gasteiger partial charge in [-0.2, -0.15) is 0 Å². The number of nitrogens with zero attached hydrogens (tertiary/aromatic N) is 1. The third-order valence-electron chi connectivity index (χ3n) is 2.42. The maximum atomic E-state index is 13.5. The molecule has 0 aliphatic carbocycles. The van der Waals surface area contributed by atoms with Crippen molar-refractivity contribution in [1.29, 1.82) is 0 Å². The average molecular weight is 260 g/mol. The van der Waals surface area contributed by atoms with Gasteiger partial charge < -0.3 is 10.1 Å². The van der Waals surface area contributed by atoms with Crippen LogP contribution in [-0.4, -0.2) is 24.7 Å². The van der Waals surface area contributed by atoms with Gasteiger partial charge in [-0.3, -0.25) is 10.1 Å². The predicted molar refractivity (Wildman–Crippen MR) is 62.6 cm³/mol. The number of anilines is 1. The number of ether oxygens (including phenoxy) is 1. The highest BCUT2D eigenvalue weighted by molar-refractivity contribution is 5.62. The van der Waals surface area contributed by atoms with Gasteiger partial charge in [-0.05, 0) is 19.4 Å². The molecule has 1 aromatic carbocycles. The topological polar surface area (TPSA) is 64.4 Å². The second kappa shape index (κ2) is 6.25. The summed E-state index contributed by atoms with van der Waals surface area (Å²) in [5.41, 5.74) is -0.915. The van der Waals surface area contributed by atoms with Crippen LogP contribution in [0.3, 0.4) is 0 Å². The molecule has 1 rings (SSSR count). The summed E-state index contributed by atoms with van der Waals surface area (Å²) in [5.74, 6) is -2.37. The molecule has 5 nitrogen and oxygen atoms in total. The Balaban J connectivity index is 2.98. The van der Waals surface area contributed by atoms with Crippen LogP contribution >= 0.6 is 0 Å². The van der Waals surface area contributed by atoms with E-state index in [1.165, 1.54) is 7.11 Å². The Morgan fingerprint density at radius 2 is 2.17 bits per heavy atom. The highest BCUT2D eigenvalue weighted by Gasteiger charge is 2.22. The Kier molecular flexibility index (Phi) is 4.96. The summed E-state index contributed by atoms with van der Waals surface area (Å²) in [4.78, 5) is 9.98. The fourth-order valence-corrected chi connectivity index (χ4v) is 1.44. The number of methoxy groups -OCH3 is 1. The van der Waals surface area contributed by atoms with Gasteiger partial charge in [0.15, 0.2) is 17.3 Å². The van der Waals surface area contributed by atoms with Gasteiger partial charge in [0, 0.05) is 25.8 Å². The number of rotatable bonds is 6. The van der Waals surface area contributed by atoms with Gasteiger partial charge in [0.05, 0.1) is 4.92 Å². The first-order valence-corrected chi connectivity index (χ1v) is 5.35. The first-order chi connectivity index (χ1) is 8.47. The second-order valence-corrected chi connectivity index (χ2v) is 3.84. The van der Waals surface area contributed by atoms with E-state index in [2.05, 4.69) is 5.32 Å². The quantitative estimate of drug-likeness (QED) is 0.631. The molecule has 0 aliphatic heterocycles. The number of nitro groups is 1. The molecule has 1 N–H and O–H groups in total. The smallest absolute Gasteiger partial charge is 0.295 e. The van der Waals surface area contributed by atoms with Crippen LogP contribution in [0.1, 0.15) is 13.3 Å². The summed E-state index contributed by atoms with van der Waals surface area (Å²) in [6, 6.07) is 1.39. The van der Waals surface area contributed by atoms with E-state index in [-0.39, 0.29) is 6.04 Å². The second-order valence-electron chi connectivity index (χ2n) is 3.84. The van der Waals surface area contributed by atoms with E-state index in [4.69, 9.17) is 4.74 Å². The Bertz CT molecular complexity index is 441. The molecule has 0 saturated carbocycles. The number of nitro benzene ring substituents is 1. The molecular weight excluding hydrogens is 246 g/mol. The van der Waals surface area contributed by atoms with E-state index in [9.17, 15) is 18.9 Å². The Morgan fingerprint density at radius 1 is 1.50 bits per heavy atom. The van der Waals surface area contributed by atoms with Gasteiger partial charge in [-0.1, -0.05) is 0 Å². The lowest BCUT2D eigenvalue weighted by Gasteiger charge is -2.15. The molecule has 0 saturated heterocycles. The van der Waals surface area contributed by atoms with Gasteiger partial charge in [-0.15, -0.1) is 0 Å². The van der Waals surface area contributed by atoms with Crippen molar-refractivity contribution in [2.45, 2.75) is 19.4 Å². The molecule has 0 radical (unpaired) electrons. The van der Waals surface area contributed by atoms with Crippen molar-refractivity contribution in [1.82, 2.24) is 0 Å². The normalized spacial score (nSPS) is 12.2. The van der Waals surface area contributed by atoms with Crippen LogP contribution in [0.5, 0.6) is 0 Å². The molecule has 18 heavy (non-hydrogen) atoms. The van der Waals surface area contributed by atoms with Crippen molar-refractivity contribution in [3.05, 3.63) is 33.9 Å². The molecule has 0 aromatic heterocycles. The molecule has 1 unspecified atom stereocenters. The summed E-state index contributed by atoms with van der Waals surface area (Å²) in [6.07, 6.45) is 0.517. The van der Waals surface area contributed by atoms with Gasteiger partial charge in [0.25, 0.3) is 5.69 Å². The third kappa shape index (κ3) is 3.36. The third-order valence-corrected chi connectivity index (χ3v) is 2.42. The minimum absolute atomic E-state index is 0.278. The molecule has 0 amide bonds.